The van der Waals surface area contributed by atoms with E-state index in [1.165, 1.54) is 0 Å². The summed E-state index contributed by atoms with van der Waals surface area (Å²) in [6.07, 6.45) is 5.73. The molecule has 0 saturated carbocycles. The fourth-order valence-electron chi connectivity index (χ4n) is 5.79. The van der Waals surface area contributed by atoms with Crippen molar-refractivity contribution < 1.29 is 13.5 Å². The molecule has 11 nitrogen and oxygen atoms in total. The molecule has 0 amide bonds. The molecular formula is C27H31N7O4S. The van der Waals surface area contributed by atoms with E-state index < -0.39 is 15.3 Å². The van der Waals surface area contributed by atoms with Crippen molar-refractivity contribution in [2.75, 3.05) is 29.4 Å². The van der Waals surface area contributed by atoms with Gasteiger partial charge in [-0.3, -0.25) is 9.48 Å². The fraction of sp³-hybridized carbons (Fsp3) is 0.370. The number of aromatic nitrogens is 4. The Labute approximate surface area is 226 Å². The van der Waals surface area contributed by atoms with Gasteiger partial charge in [0.15, 0.2) is 0 Å². The van der Waals surface area contributed by atoms with Gasteiger partial charge in [-0.1, -0.05) is 0 Å². The number of benzene rings is 1. The predicted molar refractivity (Wildman–Crippen MR) is 151 cm³/mol. The summed E-state index contributed by atoms with van der Waals surface area (Å²) in [5.74, 6) is 1.40. The minimum absolute atomic E-state index is 0.104. The number of pyridine rings is 2. The van der Waals surface area contributed by atoms with Crippen LogP contribution in [-0.2, 0) is 30.5 Å². The minimum atomic E-state index is -3.68. The van der Waals surface area contributed by atoms with Gasteiger partial charge in [-0.15, -0.1) is 0 Å². The molecule has 2 aliphatic heterocycles. The molecule has 0 aliphatic carbocycles. The Balaban J connectivity index is 1.52. The summed E-state index contributed by atoms with van der Waals surface area (Å²) in [7, 11) is -0.103. The van der Waals surface area contributed by atoms with Crippen LogP contribution < -0.4 is 20.5 Å². The number of aryl methyl sites for hydroxylation is 4. The average molecular weight is 550 g/mol. The highest BCUT2D eigenvalue weighted by Gasteiger charge is 2.33. The molecule has 1 unspecified atom stereocenters. The van der Waals surface area contributed by atoms with Gasteiger partial charge in [-0.05, 0) is 43.9 Å². The van der Waals surface area contributed by atoms with E-state index in [-0.39, 0.29) is 17.9 Å². The van der Waals surface area contributed by atoms with Crippen molar-refractivity contribution in [3.8, 4) is 16.9 Å². The van der Waals surface area contributed by atoms with Gasteiger partial charge in [-0.2, -0.15) is 5.10 Å². The normalized spacial score (nSPS) is 17.7. The number of nitrogens with zero attached hydrogens (tertiary/aromatic N) is 6. The molecule has 1 fully saturated rings. The molecule has 1 atom stereocenters. The second kappa shape index (κ2) is 9.09. The zero-order valence-electron chi connectivity index (χ0n) is 22.1. The molecule has 4 aromatic rings. The summed E-state index contributed by atoms with van der Waals surface area (Å²) in [5.41, 5.74) is 4.69. The summed E-state index contributed by atoms with van der Waals surface area (Å²) in [5, 5.41) is 20.9. The molecule has 3 aromatic heterocycles. The van der Waals surface area contributed by atoms with Crippen molar-refractivity contribution in [1.29, 1.82) is 0 Å². The molecule has 1 saturated heterocycles. The average Bonchev–Trinajstić information content (AvgIpc) is 3.56. The monoisotopic (exact) mass is 549 g/mol. The fourth-order valence-corrected chi connectivity index (χ4v) is 6.61. The largest absolute Gasteiger partial charge is 0.507 e. The lowest BCUT2D eigenvalue weighted by molar-refractivity contribution is 0.477. The lowest BCUT2D eigenvalue weighted by atomic mass is 9.96. The molecule has 39 heavy (non-hydrogen) atoms. The van der Waals surface area contributed by atoms with Crippen LogP contribution in [0.3, 0.4) is 0 Å². The summed E-state index contributed by atoms with van der Waals surface area (Å²) in [4.78, 5) is 21.9. The lowest BCUT2D eigenvalue weighted by Gasteiger charge is -2.33. The van der Waals surface area contributed by atoms with Crippen LogP contribution in [0.5, 0.6) is 5.75 Å². The number of phenolic OH excluding ortho intramolecular Hbond substituents is 1. The van der Waals surface area contributed by atoms with Gasteiger partial charge in [0.2, 0.25) is 10.0 Å². The molecular weight excluding hydrogens is 518 g/mol. The van der Waals surface area contributed by atoms with Gasteiger partial charge in [0.1, 0.15) is 17.4 Å². The van der Waals surface area contributed by atoms with Crippen molar-refractivity contribution in [2.24, 2.45) is 19.2 Å². The van der Waals surface area contributed by atoms with Crippen LogP contribution in [-0.4, -0.2) is 57.7 Å². The van der Waals surface area contributed by atoms with Crippen LogP contribution in [0.15, 0.2) is 41.5 Å². The van der Waals surface area contributed by atoms with Gasteiger partial charge in [0.05, 0.1) is 17.0 Å². The Morgan fingerprint density at radius 1 is 1.13 bits per heavy atom. The maximum absolute atomic E-state index is 12.9. The van der Waals surface area contributed by atoms with Crippen molar-refractivity contribution in [3.05, 3.63) is 58.1 Å². The van der Waals surface area contributed by atoms with Gasteiger partial charge < -0.3 is 19.5 Å². The summed E-state index contributed by atoms with van der Waals surface area (Å²) >= 11 is 0. The third kappa shape index (κ3) is 4.33. The number of phenols is 1. The number of fused-ring (bicyclic) bond motifs is 2. The third-order valence-electron chi connectivity index (χ3n) is 7.89. The van der Waals surface area contributed by atoms with E-state index in [9.17, 15) is 18.3 Å². The van der Waals surface area contributed by atoms with E-state index in [0.717, 1.165) is 40.6 Å². The van der Waals surface area contributed by atoms with Crippen LogP contribution in [0.2, 0.25) is 0 Å². The molecule has 204 valence electrons. The van der Waals surface area contributed by atoms with Crippen molar-refractivity contribution in [3.63, 3.8) is 0 Å². The van der Waals surface area contributed by atoms with Crippen LogP contribution in [0.4, 0.5) is 17.3 Å². The van der Waals surface area contributed by atoms with E-state index in [4.69, 9.17) is 10.1 Å². The molecule has 0 spiro atoms. The van der Waals surface area contributed by atoms with E-state index in [2.05, 4.69) is 10.00 Å². The minimum Gasteiger partial charge on any atom is -0.507 e. The Kier molecular flexibility index (Phi) is 5.92. The Morgan fingerprint density at radius 3 is 2.62 bits per heavy atom. The first-order valence-corrected chi connectivity index (χ1v) is 14.5. The second-order valence-corrected chi connectivity index (χ2v) is 12.4. The van der Waals surface area contributed by atoms with Crippen LogP contribution in [0.25, 0.3) is 22.0 Å². The quantitative estimate of drug-likeness (QED) is 0.395. The van der Waals surface area contributed by atoms with E-state index >= 15 is 0 Å². The van der Waals surface area contributed by atoms with E-state index in [1.54, 1.807) is 35.5 Å². The zero-order valence-corrected chi connectivity index (χ0v) is 22.9. The van der Waals surface area contributed by atoms with Gasteiger partial charge in [0, 0.05) is 79.8 Å². The number of rotatable bonds is 4. The third-order valence-corrected chi connectivity index (χ3v) is 9.20. The number of hydrogen-bond donors (Lipinski definition) is 2. The maximum Gasteiger partial charge on any atom is 0.253 e. The lowest BCUT2D eigenvalue weighted by Crippen LogP contribution is -2.32. The first-order chi connectivity index (χ1) is 18.5. The molecule has 0 radical (unpaired) electrons. The van der Waals surface area contributed by atoms with Gasteiger partial charge >= 0.3 is 0 Å². The molecule has 2 aliphatic rings. The topological polar surface area (TPSA) is 140 Å². The molecule has 5 heterocycles. The first kappa shape index (κ1) is 25.4. The Hall–Kier alpha value is -3.90. The Bertz CT molecular complexity index is 1790. The zero-order chi connectivity index (χ0) is 27.6. The number of hydrogen-bond acceptors (Lipinski definition) is 8. The summed E-state index contributed by atoms with van der Waals surface area (Å²) in [6.45, 7) is 3.19. The molecule has 0 bridgehead atoms. The number of nitrogens with two attached hydrogens (primary N) is 1. The number of primary sulfonamides is 1. The smallest absolute Gasteiger partial charge is 0.253 e. The van der Waals surface area contributed by atoms with Crippen LogP contribution in [0, 0.1) is 6.92 Å². The predicted octanol–water partition coefficient (Wildman–Crippen LogP) is 2.30. The number of aromatic hydroxyl groups is 1. The molecule has 3 N–H and O–H groups in total. The number of sulfonamides is 1. The molecule has 6 rings (SSSR count). The SMILES string of the molecule is Cc1cc2c(N3CCCc4cc(-c5cnn(C)c5)c(O)cc43)nc(N3CCC(S(N)(=O)=O)C3)cc2n(C)c1=O. The van der Waals surface area contributed by atoms with Gasteiger partial charge in [0.25, 0.3) is 5.56 Å². The highest BCUT2D eigenvalue weighted by atomic mass is 32.2. The highest BCUT2D eigenvalue weighted by molar-refractivity contribution is 7.89. The summed E-state index contributed by atoms with van der Waals surface area (Å²) < 4.78 is 27.4. The molecule has 1 aromatic carbocycles. The van der Waals surface area contributed by atoms with Crippen LogP contribution in [0.1, 0.15) is 24.0 Å². The van der Waals surface area contributed by atoms with Crippen molar-refractivity contribution in [2.45, 2.75) is 31.4 Å². The standard InChI is InChI=1S/C27H31N7O4S/c1-16-9-21-23(32(3)27(16)36)12-25(33-8-6-19(15-33)39(28,37)38)30-26(21)34-7-4-5-17-10-20(24(35)11-22(17)34)18-13-29-31(2)14-18/h9-14,19,35H,4-8,15H2,1-3H3,(H2,28,37,38). The van der Waals surface area contributed by atoms with Crippen molar-refractivity contribution in [1.82, 2.24) is 19.3 Å². The number of anilines is 3. The van der Waals surface area contributed by atoms with Crippen molar-refractivity contribution >= 4 is 38.2 Å². The van der Waals surface area contributed by atoms with E-state index in [0.29, 0.717) is 42.2 Å². The molecule has 12 heteroatoms. The Morgan fingerprint density at radius 2 is 1.92 bits per heavy atom. The summed E-state index contributed by atoms with van der Waals surface area (Å²) in [6, 6.07) is 7.49. The highest BCUT2D eigenvalue weighted by Crippen LogP contribution is 2.43. The second-order valence-electron chi connectivity index (χ2n) is 10.5. The van der Waals surface area contributed by atoms with E-state index in [1.807, 2.05) is 36.3 Å². The first-order valence-electron chi connectivity index (χ1n) is 12.9. The maximum atomic E-state index is 12.9. The van der Waals surface area contributed by atoms with Gasteiger partial charge in [-0.25, -0.2) is 18.5 Å². The van der Waals surface area contributed by atoms with Crippen LogP contribution >= 0.6 is 0 Å².